The zero-order valence-electron chi connectivity index (χ0n) is 30.9. The number of halogens is 3. The van der Waals surface area contributed by atoms with E-state index in [0.717, 1.165) is 36.0 Å². The van der Waals surface area contributed by atoms with Gasteiger partial charge in [-0.05, 0) is 94.7 Å². The highest BCUT2D eigenvalue weighted by atomic mass is 32.2. The molecule has 3 aliphatic carbocycles. The van der Waals surface area contributed by atoms with Crippen molar-refractivity contribution in [3.8, 4) is 16.5 Å². The first-order valence-corrected chi connectivity index (χ1v) is 21.1. The first kappa shape index (κ1) is 39.3. The number of amides is 2. The van der Waals surface area contributed by atoms with E-state index in [1.807, 2.05) is 12.2 Å². The Morgan fingerprint density at radius 2 is 1.91 bits per heavy atom. The summed E-state index contributed by atoms with van der Waals surface area (Å²) in [6.07, 6.45) is 2.72. The average Bonchev–Trinajstić information content (AvgIpc) is 3.99. The topological polar surface area (TPSA) is 156 Å². The molecule has 5 atom stereocenters. The molecule has 16 heteroatoms. The van der Waals surface area contributed by atoms with Gasteiger partial charge < -0.3 is 14.7 Å². The van der Waals surface area contributed by atoms with E-state index >= 15 is 0 Å². The van der Waals surface area contributed by atoms with Gasteiger partial charge in [-0.15, -0.1) is 11.3 Å². The number of nitrogens with zero attached hydrogens (tertiary/aromatic N) is 3. The molecule has 3 heterocycles. The zero-order chi connectivity index (χ0) is 39.5. The van der Waals surface area contributed by atoms with Gasteiger partial charge in [-0.3, -0.25) is 19.1 Å². The molecular formula is C39H45F3N4O7S2. The maximum absolute atomic E-state index is 14.5. The number of fused-ring (bicyclic) bond motifs is 3. The third kappa shape index (κ3) is 7.65. The number of hydrogen-bond acceptors (Lipinski definition) is 10. The van der Waals surface area contributed by atoms with Gasteiger partial charge in [-0.2, -0.15) is 13.2 Å². The van der Waals surface area contributed by atoms with Crippen LogP contribution in [0.2, 0.25) is 0 Å². The van der Waals surface area contributed by atoms with Crippen LogP contribution >= 0.6 is 11.3 Å². The number of sulfonamides is 1. The molecule has 0 bridgehead atoms. The minimum absolute atomic E-state index is 0.0285. The van der Waals surface area contributed by atoms with E-state index < -0.39 is 55.9 Å². The van der Waals surface area contributed by atoms with Crippen LogP contribution in [0.25, 0.3) is 21.6 Å². The van der Waals surface area contributed by atoms with Crippen molar-refractivity contribution >= 4 is 49.9 Å². The summed E-state index contributed by atoms with van der Waals surface area (Å²) >= 11 is 0.792. The first-order chi connectivity index (χ1) is 26.0. The number of carbonyl (C=O) groups excluding carboxylic acids is 3. The molecule has 0 saturated heterocycles. The second kappa shape index (κ2) is 14.6. The van der Waals surface area contributed by atoms with Crippen molar-refractivity contribution < 1.29 is 45.8 Å². The summed E-state index contributed by atoms with van der Waals surface area (Å²) in [6.45, 7) is 3.58. The summed E-state index contributed by atoms with van der Waals surface area (Å²) in [5.41, 5.74) is -0.541. The van der Waals surface area contributed by atoms with Gasteiger partial charge in [0.2, 0.25) is 21.8 Å². The summed E-state index contributed by atoms with van der Waals surface area (Å²) in [7, 11) is -2.24. The predicted molar refractivity (Wildman–Crippen MR) is 199 cm³/mol. The van der Waals surface area contributed by atoms with Gasteiger partial charge in [-0.1, -0.05) is 18.2 Å². The van der Waals surface area contributed by atoms with Crippen LogP contribution in [-0.4, -0.2) is 70.4 Å². The Bertz CT molecular complexity index is 2170. The van der Waals surface area contributed by atoms with Gasteiger partial charge in [-0.25, -0.2) is 18.4 Å². The zero-order valence-corrected chi connectivity index (χ0v) is 32.6. The number of Topliss-reactive ketones (excluding diaryl/α,β-unsaturated/α-hetero) is 1. The second-order valence-electron chi connectivity index (χ2n) is 15.9. The van der Waals surface area contributed by atoms with E-state index in [1.165, 1.54) is 6.07 Å². The number of ether oxygens (including phenoxy) is 1. The van der Waals surface area contributed by atoms with Gasteiger partial charge in [0.05, 0.1) is 28.4 Å². The number of rotatable bonds is 7. The van der Waals surface area contributed by atoms with E-state index in [1.54, 1.807) is 37.9 Å². The summed E-state index contributed by atoms with van der Waals surface area (Å²) < 4.78 is 74.7. The van der Waals surface area contributed by atoms with E-state index in [4.69, 9.17) is 4.74 Å². The molecule has 0 spiro atoms. The maximum atomic E-state index is 14.5. The number of thiazole rings is 1. The molecule has 4 aliphatic rings. The number of aliphatic hydroxyl groups excluding tert-OH is 1. The van der Waals surface area contributed by atoms with Crippen LogP contribution in [-0.2, 0) is 37.2 Å². The lowest BCUT2D eigenvalue weighted by molar-refractivity contribution is -0.144. The number of ketones is 1. The number of aromatic nitrogens is 2. The first-order valence-electron chi connectivity index (χ1n) is 18.7. The fourth-order valence-electron chi connectivity index (χ4n) is 8.04. The van der Waals surface area contributed by atoms with Crippen LogP contribution < -0.4 is 9.46 Å². The molecule has 296 valence electrons. The Morgan fingerprint density at radius 1 is 1.15 bits per heavy atom. The van der Waals surface area contributed by atoms with Crippen LogP contribution in [0.1, 0.15) is 88.0 Å². The summed E-state index contributed by atoms with van der Waals surface area (Å²) in [5.74, 6) is -2.73. The van der Waals surface area contributed by atoms with Crippen molar-refractivity contribution in [3.05, 3.63) is 52.6 Å². The Labute approximate surface area is 321 Å². The number of pyridine rings is 1. The van der Waals surface area contributed by atoms with E-state index in [0.29, 0.717) is 66.4 Å². The molecule has 11 nitrogen and oxygen atoms in total. The molecule has 2 aromatic heterocycles. The average molecular weight is 803 g/mol. The largest absolute Gasteiger partial charge is 0.490 e. The number of nitrogens with one attached hydrogen (secondary N) is 1. The normalized spacial score (nSPS) is 27.8. The summed E-state index contributed by atoms with van der Waals surface area (Å²) in [5, 5.41) is 11.5. The molecular weight excluding hydrogens is 758 g/mol. The number of aryl methyl sites for hydroxylation is 1. The Kier molecular flexibility index (Phi) is 10.4. The Hall–Kier alpha value is -3.89. The third-order valence-corrected chi connectivity index (χ3v) is 15.1. The molecule has 55 heavy (non-hydrogen) atoms. The van der Waals surface area contributed by atoms with Crippen molar-refractivity contribution in [1.82, 2.24) is 19.6 Å². The molecule has 2 N–H and O–H groups in total. The van der Waals surface area contributed by atoms with Crippen LogP contribution in [0.3, 0.4) is 0 Å². The van der Waals surface area contributed by atoms with Crippen LogP contribution in [0.15, 0.2) is 35.7 Å². The number of benzene rings is 1. The number of alkyl halides is 3. The molecule has 0 radical (unpaired) electrons. The van der Waals surface area contributed by atoms with Gasteiger partial charge in [0.15, 0.2) is 5.69 Å². The molecule has 3 aromatic rings. The third-order valence-electron chi connectivity index (χ3n) is 12.1. The highest BCUT2D eigenvalue weighted by Gasteiger charge is 2.62. The molecule has 1 aliphatic heterocycles. The number of aliphatic hydroxyl groups is 1. The van der Waals surface area contributed by atoms with Crippen molar-refractivity contribution in [3.63, 3.8) is 0 Å². The predicted octanol–water partition coefficient (Wildman–Crippen LogP) is 6.50. The molecule has 7 rings (SSSR count). The highest BCUT2D eigenvalue weighted by Crippen LogP contribution is 2.58. The Morgan fingerprint density at radius 3 is 2.60 bits per heavy atom. The monoisotopic (exact) mass is 802 g/mol. The smallest absolute Gasteiger partial charge is 0.434 e. The SMILES string of the molecule is Cc1c(CO)ccc2c(O[C@H]3CC[C@H]4C(=O)N(C)CCCC/C=C\[C@@H]5C[C@@]5(C(=O)NS(=O)(=O)C5(C)CC5)CC(=O)[C@@H]4C3)cc(-c3nc(C(F)(F)F)cs3)nc12. The maximum Gasteiger partial charge on any atom is 0.434 e. The minimum atomic E-state index is -4.65. The highest BCUT2D eigenvalue weighted by molar-refractivity contribution is 7.91. The molecule has 3 saturated carbocycles. The molecule has 2 amide bonds. The summed E-state index contributed by atoms with van der Waals surface area (Å²) in [4.78, 5) is 52.4. The van der Waals surface area contributed by atoms with Gasteiger partial charge in [0, 0.05) is 48.7 Å². The van der Waals surface area contributed by atoms with Crippen molar-refractivity contribution in [2.24, 2.45) is 23.2 Å². The van der Waals surface area contributed by atoms with Crippen LogP contribution in [0, 0.1) is 30.1 Å². The Balaban J connectivity index is 1.21. The molecule has 0 unspecified atom stereocenters. The minimum Gasteiger partial charge on any atom is -0.490 e. The fourth-order valence-corrected chi connectivity index (χ4v) is 10.2. The number of allylic oxidation sites excluding steroid dienone is 2. The lowest BCUT2D eigenvalue weighted by atomic mass is 9.72. The van der Waals surface area contributed by atoms with Gasteiger partial charge >= 0.3 is 6.18 Å². The molecule has 3 fully saturated rings. The van der Waals surface area contributed by atoms with Crippen molar-refractivity contribution in [2.75, 3.05) is 13.6 Å². The van der Waals surface area contributed by atoms with Gasteiger partial charge in [0.1, 0.15) is 22.2 Å². The van der Waals surface area contributed by atoms with E-state index in [2.05, 4.69) is 14.7 Å². The molecule has 1 aromatic carbocycles. The van der Waals surface area contributed by atoms with Crippen molar-refractivity contribution in [2.45, 2.75) is 102 Å². The lowest BCUT2D eigenvalue weighted by Gasteiger charge is -2.37. The number of hydrogen-bond donors (Lipinski definition) is 2. The standard InChI is InChI=1S/C39H45F3N4O7S2/c1-22-23(20-47)9-11-27-31(17-29(43-33(22)27)34-44-32(21-54-34)39(40,41)42)53-25-10-12-26-28(16-25)30(48)19-38(36(50)45-55(51,52)37(2)13-14-37)18-24(38)8-6-4-5-7-15-46(3)35(26)49/h6,8-9,11,17,21,24-26,28,47H,4-5,7,10,12-16,18-20H2,1-3H3,(H,45,50)/b8-6-/t24-,25+,26-,28-,38-/m1/s1. The second-order valence-corrected chi connectivity index (χ2v) is 18.9. The van der Waals surface area contributed by atoms with Crippen LogP contribution in [0.5, 0.6) is 5.75 Å². The summed E-state index contributed by atoms with van der Waals surface area (Å²) in [6, 6.07) is 4.97. The van der Waals surface area contributed by atoms with Crippen molar-refractivity contribution in [1.29, 1.82) is 0 Å². The quantitative estimate of drug-likeness (QED) is 0.255. The van der Waals surface area contributed by atoms with E-state index in [-0.39, 0.29) is 47.8 Å². The lowest BCUT2D eigenvalue weighted by Crippen LogP contribution is -2.47. The van der Waals surface area contributed by atoms with Crippen LogP contribution in [0.4, 0.5) is 13.2 Å². The fraction of sp³-hybridized carbons (Fsp3) is 0.564. The number of carbonyl (C=O) groups is 3. The van der Waals surface area contributed by atoms with Gasteiger partial charge in [0.25, 0.3) is 0 Å². The van der Waals surface area contributed by atoms with E-state index in [9.17, 15) is 41.1 Å².